The molecule has 3 aromatic carbocycles. The maximum absolute atomic E-state index is 14.1. The highest BCUT2D eigenvalue weighted by Crippen LogP contribution is 2.30. The minimum absolute atomic E-state index is 0.207. The number of rotatable bonds is 4. The van der Waals surface area contributed by atoms with Crippen molar-refractivity contribution >= 4 is 44.0 Å². The third-order valence-corrected chi connectivity index (χ3v) is 6.21. The predicted octanol–water partition coefficient (Wildman–Crippen LogP) is 4.65. The van der Waals surface area contributed by atoms with E-state index in [9.17, 15) is 22.0 Å². The van der Waals surface area contributed by atoms with Crippen LogP contribution < -0.4 is 5.32 Å². The molecule has 8 heteroatoms. The smallest absolute Gasteiger partial charge is 0.257 e. The van der Waals surface area contributed by atoms with Crippen LogP contribution in [-0.2, 0) is 9.84 Å². The lowest BCUT2D eigenvalue weighted by atomic mass is 10.2. The van der Waals surface area contributed by atoms with E-state index in [0.29, 0.717) is 9.26 Å². The van der Waals surface area contributed by atoms with E-state index in [4.69, 9.17) is 0 Å². The van der Waals surface area contributed by atoms with Crippen molar-refractivity contribution in [2.24, 2.45) is 0 Å². The Labute approximate surface area is 168 Å². The molecule has 3 aromatic rings. The molecule has 0 unspecified atom stereocenters. The normalized spacial score (nSPS) is 11.2. The number of carbonyl (C=O) groups excluding carboxylic acids is 1. The van der Waals surface area contributed by atoms with Crippen molar-refractivity contribution in [1.29, 1.82) is 0 Å². The summed E-state index contributed by atoms with van der Waals surface area (Å²) in [6, 6.07) is 15.3. The molecular formula is C19H12F2INO3S. The summed E-state index contributed by atoms with van der Waals surface area (Å²) in [4.78, 5) is 11.1. The number of anilines is 1. The SMILES string of the molecule is O=C(Nc1ccccc1)c1ccc(I)cc1S(=O)(=O)c1c(F)cccc1F. The van der Waals surface area contributed by atoms with E-state index in [1.165, 1.54) is 18.2 Å². The summed E-state index contributed by atoms with van der Waals surface area (Å²) in [6.07, 6.45) is 0. The summed E-state index contributed by atoms with van der Waals surface area (Å²) >= 11 is 1.86. The second-order valence-corrected chi connectivity index (χ2v) is 8.62. The number of para-hydroxylation sites is 1. The molecule has 0 atom stereocenters. The molecule has 0 radical (unpaired) electrons. The molecule has 4 nitrogen and oxygen atoms in total. The van der Waals surface area contributed by atoms with Crippen LogP contribution in [0.15, 0.2) is 76.5 Å². The number of carbonyl (C=O) groups is 1. The van der Waals surface area contributed by atoms with Crippen LogP contribution in [0.4, 0.5) is 14.5 Å². The molecule has 0 fully saturated rings. The monoisotopic (exact) mass is 499 g/mol. The van der Waals surface area contributed by atoms with Gasteiger partial charge in [0.1, 0.15) is 16.5 Å². The summed E-state index contributed by atoms with van der Waals surface area (Å²) in [6.45, 7) is 0. The molecule has 0 spiro atoms. The first-order valence-corrected chi connectivity index (χ1v) is 10.2. The van der Waals surface area contributed by atoms with Crippen molar-refractivity contribution in [3.8, 4) is 0 Å². The number of amides is 1. The van der Waals surface area contributed by atoms with Gasteiger partial charge in [-0.2, -0.15) is 0 Å². The van der Waals surface area contributed by atoms with Crippen molar-refractivity contribution < 1.29 is 22.0 Å². The first-order valence-electron chi connectivity index (χ1n) is 7.66. The Kier molecular flexibility index (Phi) is 5.56. The number of hydrogen-bond donors (Lipinski definition) is 1. The van der Waals surface area contributed by atoms with E-state index >= 15 is 0 Å². The molecule has 3 rings (SSSR count). The largest absolute Gasteiger partial charge is 0.322 e. The van der Waals surface area contributed by atoms with Gasteiger partial charge in [0.25, 0.3) is 5.91 Å². The fourth-order valence-corrected chi connectivity index (χ4v) is 4.78. The predicted molar refractivity (Wildman–Crippen MR) is 105 cm³/mol. The van der Waals surface area contributed by atoms with E-state index in [1.807, 2.05) is 22.6 Å². The molecule has 0 aromatic heterocycles. The van der Waals surface area contributed by atoms with E-state index in [0.717, 1.165) is 18.2 Å². The zero-order chi connectivity index (χ0) is 19.6. The van der Waals surface area contributed by atoms with Gasteiger partial charge in [-0.15, -0.1) is 0 Å². The minimum Gasteiger partial charge on any atom is -0.322 e. The summed E-state index contributed by atoms with van der Waals surface area (Å²) in [5.41, 5.74) is 0.253. The number of hydrogen-bond acceptors (Lipinski definition) is 3. The van der Waals surface area contributed by atoms with Gasteiger partial charge in [-0.1, -0.05) is 24.3 Å². The lowest BCUT2D eigenvalue weighted by Gasteiger charge is -2.13. The Morgan fingerprint density at radius 1 is 0.889 bits per heavy atom. The lowest BCUT2D eigenvalue weighted by molar-refractivity contribution is 0.102. The highest BCUT2D eigenvalue weighted by molar-refractivity contribution is 14.1. The van der Waals surface area contributed by atoms with Crippen molar-refractivity contribution in [3.63, 3.8) is 0 Å². The Morgan fingerprint density at radius 3 is 2.15 bits per heavy atom. The Hall–Kier alpha value is -2.33. The fraction of sp³-hybridized carbons (Fsp3) is 0. The maximum atomic E-state index is 14.1. The van der Waals surface area contributed by atoms with Crippen LogP contribution in [0, 0.1) is 15.2 Å². The molecule has 0 aliphatic carbocycles. The molecule has 0 saturated carbocycles. The van der Waals surface area contributed by atoms with Crippen molar-refractivity contribution in [3.05, 3.63) is 87.5 Å². The third kappa shape index (κ3) is 4.01. The fourth-order valence-electron chi connectivity index (χ4n) is 2.48. The molecule has 1 N–H and O–H groups in total. The van der Waals surface area contributed by atoms with Gasteiger partial charge in [0.05, 0.1) is 10.5 Å². The van der Waals surface area contributed by atoms with E-state index in [2.05, 4.69) is 5.32 Å². The second kappa shape index (κ2) is 7.73. The van der Waals surface area contributed by atoms with E-state index in [-0.39, 0.29) is 5.56 Å². The Balaban J connectivity index is 2.13. The highest BCUT2D eigenvalue weighted by Gasteiger charge is 2.30. The van der Waals surface area contributed by atoms with E-state index < -0.39 is 37.2 Å². The van der Waals surface area contributed by atoms with Gasteiger partial charge in [-0.3, -0.25) is 4.79 Å². The average Bonchev–Trinajstić information content (AvgIpc) is 2.62. The van der Waals surface area contributed by atoms with Crippen molar-refractivity contribution in [2.45, 2.75) is 9.79 Å². The quantitative estimate of drug-likeness (QED) is 0.532. The number of benzene rings is 3. The second-order valence-electron chi connectivity index (χ2n) is 5.51. The molecule has 138 valence electrons. The van der Waals surface area contributed by atoms with Crippen LogP contribution in [0.1, 0.15) is 10.4 Å². The van der Waals surface area contributed by atoms with Gasteiger partial charge in [-0.25, -0.2) is 17.2 Å². The number of halogens is 3. The molecule has 1 amide bonds. The number of sulfone groups is 1. The minimum atomic E-state index is -4.61. The average molecular weight is 499 g/mol. The maximum Gasteiger partial charge on any atom is 0.257 e. The summed E-state index contributed by atoms with van der Waals surface area (Å²) in [5, 5.41) is 2.58. The molecular weight excluding hydrogens is 487 g/mol. The number of nitrogens with one attached hydrogen (secondary N) is 1. The molecule has 0 heterocycles. The van der Waals surface area contributed by atoms with Crippen molar-refractivity contribution in [1.82, 2.24) is 0 Å². The van der Waals surface area contributed by atoms with Gasteiger partial charge >= 0.3 is 0 Å². The molecule has 27 heavy (non-hydrogen) atoms. The lowest BCUT2D eigenvalue weighted by Crippen LogP contribution is -2.18. The van der Waals surface area contributed by atoms with Crippen LogP contribution in [0.3, 0.4) is 0 Å². The van der Waals surface area contributed by atoms with Crippen LogP contribution >= 0.6 is 22.6 Å². The third-order valence-electron chi connectivity index (χ3n) is 3.70. The molecule has 0 aliphatic rings. The van der Waals surface area contributed by atoms with Crippen LogP contribution in [-0.4, -0.2) is 14.3 Å². The highest BCUT2D eigenvalue weighted by atomic mass is 127. The molecule has 0 aliphatic heterocycles. The van der Waals surface area contributed by atoms with Gasteiger partial charge in [0.2, 0.25) is 9.84 Å². The molecule has 0 saturated heterocycles. The van der Waals surface area contributed by atoms with Crippen molar-refractivity contribution in [2.75, 3.05) is 5.32 Å². The van der Waals surface area contributed by atoms with Gasteiger partial charge in [0.15, 0.2) is 0 Å². The zero-order valence-electron chi connectivity index (χ0n) is 13.6. The summed E-state index contributed by atoms with van der Waals surface area (Å²) < 4.78 is 54.6. The molecule has 0 bridgehead atoms. The zero-order valence-corrected chi connectivity index (χ0v) is 16.6. The topological polar surface area (TPSA) is 63.2 Å². The summed E-state index contributed by atoms with van der Waals surface area (Å²) in [5.74, 6) is -3.14. The standard InChI is InChI=1S/C19H12F2INO3S/c20-15-7-4-8-16(21)18(15)27(25,26)17-11-12(22)9-10-14(17)19(24)23-13-5-2-1-3-6-13/h1-11H,(H,23,24). The Morgan fingerprint density at radius 2 is 1.52 bits per heavy atom. The van der Waals surface area contributed by atoms with Gasteiger partial charge in [-0.05, 0) is 65.1 Å². The van der Waals surface area contributed by atoms with Gasteiger partial charge in [0, 0.05) is 9.26 Å². The Bertz CT molecular complexity index is 1100. The first kappa shape index (κ1) is 19.4. The van der Waals surface area contributed by atoms with E-state index in [1.54, 1.807) is 30.3 Å². The van der Waals surface area contributed by atoms with Crippen LogP contribution in [0.5, 0.6) is 0 Å². The first-order chi connectivity index (χ1) is 12.8. The van der Waals surface area contributed by atoms with Gasteiger partial charge < -0.3 is 5.32 Å². The van der Waals surface area contributed by atoms with Crippen LogP contribution in [0.25, 0.3) is 0 Å². The van der Waals surface area contributed by atoms with Crippen LogP contribution in [0.2, 0.25) is 0 Å². The summed E-state index contributed by atoms with van der Waals surface area (Å²) in [7, 11) is -4.61.